The zero-order chi connectivity index (χ0) is 20.2. The predicted octanol–water partition coefficient (Wildman–Crippen LogP) is 2.93. The lowest BCUT2D eigenvalue weighted by Gasteiger charge is -2.20. The van der Waals surface area contributed by atoms with Gasteiger partial charge in [0.05, 0.1) is 20.8 Å². The van der Waals surface area contributed by atoms with Crippen LogP contribution >= 0.6 is 0 Å². The summed E-state index contributed by atoms with van der Waals surface area (Å²) in [5.41, 5.74) is 2.00. The molecule has 142 valence electrons. The maximum atomic E-state index is 12.7. The lowest BCUT2D eigenvalue weighted by molar-refractivity contribution is -0.385. The number of sulfone groups is 1. The molecule has 0 spiro atoms. The number of hydrazone groups is 1. The molecule has 0 fully saturated rings. The summed E-state index contributed by atoms with van der Waals surface area (Å²) >= 11 is 0. The minimum atomic E-state index is -3.62. The molecule has 0 radical (unpaired) electrons. The number of carbonyl (C=O) groups excluding carboxylic acids is 1. The van der Waals surface area contributed by atoms with Gasteiger partial charge in [0.15, 0.2) is 9.84 Å². The van der Waals surface area contributed by atoms with Gasteiger partial charge in [0.1, 0.15) is 5.56 Å². The minimum Gasteiger partial charge on any atom is -0.267 e. The fourth-order valence-electron chi connectivity index (χ4n) is 2.21. The second-order valence-corrected chi connectivity index (χ2v) is 9.30. The largest absolute Gasteiger partial charge is 0.282 e. The Morgan fingerprint density at radius 1 is 1.11 bits per heavy atom. The van der Waals surface area contributed by atoms with Crippen molar-refractivity contribution in [3.8, 4) is 0 Å². The Morgan fingerprint density at radius 3 is 2.33 bits per heavy atom. The molecule has 0 bridgehead atoms. The van der Waals surface area contributed by atoms with E-state index in [0.717, 1.165) is 0 Å². The molecule has 9 heteroatoms. The zero-order valence-electron chi connectivity index (χ0n) is 15.0. The van der Waals surface area contributed by atoms with Crippen LogP contribution in [0, 0.1) is 10.1 Å². The Bertz CT molecular complexity index is 1010. The van der Waals surface area contributed by atoms with Crippen LogP contribution in [0.3, 0.4) is 0 Å². The molecule has 0 aromatic heterocycles. The van der Waals surface area contributed by atoms with Crippen LogP contribution in [0.4, 0.5) is 5.69 Å². The summed E-state index contributed by atoms with van der Waals surface area (Å²) in [5, 5.41) is 14.8. The fraction of sp³-hybridized carbons (Fsp3) is 0.222. The highest BCUT2D eigenvalue weighted by molar-refractivity contribution is 7.92. The Hall–Kier alpha value is -3.07. The summed E-state index contributed by atoms with van der Waals surface area (Å²) in [6, 6.07) is 11.7. The van der Waals surface area contributed by atoms with Crippen molar-refractivity contribution in [2.24, 2.45) is 5.10 Å². The van der Waals surface area contributed by atoms with Crippen LogP contribution in [0.1, 0.15) is 36.7 Å². The standard InChI is InChI=1S/C18H19N3O5S/c1-18(2,3)27(25,26)16-11-7-4-8-13(16)12-19-20-17(22)14-9-5-6-10-15(14)21(23)24/h4-12H,1-3H3,(H,20,22)/b19-12-. The van der Waals surface area contributed by atoms with Crippen LogP contribution < -0.4 is 5.43 Å². The minimum absolute atomic E-state index is 0.0844. The van der Waals surface area contributed by atoms with E-state index in [4.69, 9.17) is 0 Å². The van der Waals surface area contributed by atoms with E-state index in [9.17, 15) is 23.3 Å². The SMILES string of the molecule is CC(C)(C)S(=O)(=O)c1ccccc1/C=N\NC(=O)c1ccccc1[N+](=O)[O-]. The second-order valence-electron chi connectivity index (χ2n) is 6.63. The molecule has 0 aliphatic carbocycles. The molecular weight excluding hydrogens is 370 g/mol. The van der Waals surface area contributed by atoms with Gasteiger partial charge in [-0.2, -0.15) is 5.10 Å². The Labute approximate surface area is 157 Å². The van der Waals surface area contributed by atoms with E-state index in [0.29, 0.717) is 5.56 Å². The van der Waals surface area contributed by atoms with E-state index in [-0.39, 0.29) is 16.1 Å². The average Bonchev–Trinajstić information content (AvgIpc) is 2.61. The Kier molecular flexibility index (Phi) is 5.75. The van der Waals surface area contributed by atoms with Crippen molar-refractivity contribution in [1.29, 1.82) is 0 Å². The first-order chi connectivity index (χ1) is 12.6. The van der Waals surface area contributed by atoms with Crippen molar-refractivity contribution < 1.29 is 18.1 Å². The topological polar surface area (TPSA) is 119 Å². The van der Waals surface area contributed by atoms with Gasteiger partial charge in [-0.25, -0.2) is 13.8 Å². The summed E-state index contributed by atoms with van der Waals surface area (Å²) in [6.07, 6.45) is 1.20. The first-order valence-corrected chi connectivity index (χ1v) is 9.44. The Balaban J connectivity index is 2.29. The van der Waals surface area contributed by atoms with Gasteiger partial charge >= 0.3 is 0 Å². The third-order valence-electron chi connectivity index (χ3n) is 3.73. The first kappa shape index (κ1) is 20.2. The highest BCUT2D eigenvalue weighted by Crippen LogP contribution is 2.26. The molecule has 0 saturated carbocycles. The molecule has 0 unspecified atom stereocenters. The number of benzene rings is 2. The molecule has 8 nitrogen and oxygen atoms in total. The third kappa shape index (κ3) is 4.37. The van der Waals surface area contributed by atoms with Crippen molar-refractivity contribution in [1.82, 2.24) is 5.43 Å². The zero-order valence-corrected chi connectivity index (χ0v) is 15.9. The molecule has 0 saturated heterocycles. The van der Waals surface area contributed by atoms with Gasteiger partial charge in [0.25, 0.3) is 11.6 Å². The number of para-hydroxylation sites is 1. The molecule has 0 heterocycles. The van der Waals surface area contributed by atoms with E-state index in [1.54, 1.807) is 39.0 Å². The van der Waals surface area contributed by atoms with Crippen molar-refractivity contribution >= 4 is 27.6 Å². The maximum Gasteiger partial charge on any atom is 0.282 e. The third-order valence-corrected chi connectivity index (χ3v) is 6.29. The van der Waals surface area contributed by atoms with Crippen LogP contribution in [0.2, 0.25) is 0 Å². The molecule has 0 aliphatic heterocycles. The molecule has 2 aromatic carbocycles. The molecule has 1 N–H and O–H groups in total. The molecule has 2 rings (SSSR count). The maximum absolute atomic E-state index is 12.7. The van der Waals surface area contributed by atoms with Gasteiger partial charge in [-0.15, -0.1) is 0 Å². The number of nitrogens with zero attached hydrogens (tertiary/aromatic N) is 2. The summed E-state index contributed by atoms with van der Waals surface area (Å²) < 4.78 is 24.4. The van der Waals surface area contributed by atoms with E-state index in [1.165, 1.54) is 36.5 Å². The summed E-state index contributed by atoms with van der Waals surface area (Å²) in [5.74, 6) is -0.769. The second kappa shape index (κ2) is 7.67. The highest BCUT2D eigenvalue weighted by atomic mass is 32.2. The van der Waals surface area contributed by atoms with E-state index in [2.05, 4.69) is 10.5 Å². The normalized spacial score (nSPS) is 12.1. The van der Waals surface area contributed by atoms with Crippen LogP contribution in [0.25, 0.3) is 0 Å². The van der Waals surface area contributed by atoms with E-state index in [1.807, 2.05) is 0 Å². The number of nitro groups is 1. The number of nitrogens with one attached hydrogen (secondary N) is 1. The molecule has 0 aliphatic rings. The van der Waals surface area contributed by atoms with Gasteiger partial charge in [0.2, 0.25) is 0 Å². The van der Waals surface area contributed by atoms with Gasteiger partial charge < -0.3 is 0 Å². The first-order valence-electron chi connectivity index (χ1n) is 7.96. The van der Waals surface area contributed by atoms with Crippen LogP contribution in [0.5, 0.6) is 0 Å². The number of hydrogen-bond donors (Lipinski definition) is 1. The number of hydrogen-bond acceptors (Lipinski definition) is 6. The Morgan fingerprint density at radius 2 is 1.70 bits per heavy atom. The van der Waals surface area contributed by atoms with Crippen LogP contribution in [-0.4, -0.2) is 30.2 Å². The number of carbonyl (C=O) groups is 1. The van der Waals surface area contributed by atoms with Crippen molar-refractivity contribution in [3.05, 3.63) is 69.8 Å². The van der Waals surface area contributed by atoms with E-state index < -0.39 is 25.4 Å². The summed E-state index contributed by atoms with van der Waals surface area (Å²) in [6.45, 7) is 4.77. The van der Waals surface area contributed by atoms with Crippen LogP contribution in [0.15, 0.2) is 58.5 Å². The summed E-state index contributed by atoms with van der Waals surface area (Å²) in [7, 11) is -3.62. The molecule has 0 atom stereocenters. The molecule has 2 aromatic rings. The number of rotatable bonds is 5. The van der Waals surface area contributed by atoms with Crippen molar-refractivity contribution in [2.45, 2.75) is 30.4 Å². The average molecular weight is 389 g/mol. The van der Waals surface area contributed by atoms with Crippen molar-refractivity contribution in [2.75, 3.05) is 0 Å². The quantitative estimate of drug-likeness (QED) is 0.479. The van der Waals surface area contributed by atoms with E-state index >= 15 is 0 Å². The fourth-order valence-corrected chi connectivity index (χ4v) is 3.56. The number of nitro benzene ring substituents is 1. The highest BCUT2D eigenvalue weighted by Gasteiger charge is 2.32. The monoisotopic (exact) mass is 389 g/mol. The van der Waals surface area contributed by atoms with Crippen molar-refractivity contribution in [3.63, 3.8) is 0 Å². The molecule has 1 amide bonds. The van der Waals surface area contributed by atoms with Gasteiger partial charge in [-0.3, -0.25) is 14.9 Å². The smallest absolute Gasteiger partial charge is 0.267 e. The number of amides is 1. The van der Waals surface area contributed by atoms with Gasteiger partial charge in [0, 0.05) is 11.6 Å². The van der Waals surface area contributed by atoms with Gasteiger partial charge in [-0.1, -0.05) is 30.3 Å². The predicted molar refractivity (Wildman–Crippen MR) is 102 cm³/mol. The summed E-state index contributed by atoms with van der Waals surface area (Å²) in [4.78, 5) is 22.6. The molecular formula is C18H19N3O5S. The van der Waals surface area contributed by atoms with Crippen LogP contribution in [-0.2, 0) is 9.84 Å². The molecule has 27 heavy (non-hydrogen) atoms. The van der Waals surface area contributed by atoms with Gasteiger partial charge in [-0.05, 0) is 32.9 Å². The lowest BCUT2D eigenvalue weighted by Crippen LogP contribution is -2.28. The lowest BCUT2D eigenvalue weighted by atomic mass is 10.2.